The first-order valence-corrected chi connectivity index (χ1v) is 8.88. The van der Waals surface area contributed by atoms with Crippen LogP contribution in [0.15, 0.2) is 47.4 Å². The molecule has 0 aromatic heterocycles. The minimum atomic E-state index is -3.83. The van der Waals surface area contributed by atoms with E-state index in [1.165, 1.54) is 0 Å². The molecule has 0 aliphatic heterocycles. The van der Waals surface area contributed by atoms with Crippen LogP contribution in [0.1, 0.15) is 28.1 Å². The predicted molar refractivity (Wildman–Crippen MR) is 87.6 cm³/mol. The molecule has 0 amide bonds. The Balaban J connectivity index is 0.00000264. The van der Waals surface area contributed by atoms with Crippen molar-refractivity contribution in [1.29, 1.82) is 0 Å². The van der Waals surface area contributed by atoms with Crippen molar-refractivity contribution in [2.75, 3.05) is 7.11 Å². The third-order valence-electron chi connectivity index (χ3n) is 3.79. The van der Waals surface area contributed by atoms with E-state index in [-0.39, 0.29) is 42.0 Å². The van der Waals surface area contributed by atoms with E-state index in [0.717, 1.165) is 5.56 Å². The van der Waals surface area contributed by atoms with Crippen LogP contribution < -0.4 is 29.6 Å². The first-order chi connectivity index (χ1) is 10.5. The van der Waals surface area contributed by atoms with E-state index in [1.807, 2.05) is 38.1 Å². The second kappa shape index (κ2) is 9.16. The summed E-state index contributed by atoms with van der Waals surface area (Å²) in [6, 6.07) is 12.6. The van der Waals surface area contributed by atoms with Crippen molar-refractivity contribution in [3.05, 3.63) is 42.5 Å². The SMILES string of the molecule is CCC(OC)C(CC)OS(=O)(=O)c1ccc2cccccc1-2.[H-].[Na+]. The molecule has 0 aromatic carbocycles. The predicted octanol–water partition coefficient (Wildman–Crippen LogP) is 0.817. The van der Waals surface area contributed by atoms with Crippen LogP contribution in [0.25, 0.3) is 11.1 Å². The van der Waals surface area contributed by atoms with Gasteiger partial charge >= 0.3 is 29.6 Å². The average Bonchev–Trinajstić information content (AvgIpc) is 2.78. The van der Waals surface area contributed by atoms with Crippen molar-refractivity contribution in [1.82, 2.24) is 0 Å². The summed E-state index contributed by atoms with van der Waals surface area (Å²) in [5.74, 6) is 0. The molecule has 0 heterocycles. The minimum absolute atomic E-state index is 0. The van der Waals surface area contributed by atoms with E-state index < -0.39 is 16.2 Å². The number of hydrogen-bond acceptors (Lipinski definition) is 4. The van der Waals surface area contributed by atoms with E-state index in [9.17, 15) is 8.42 Å². The van der Waals surface area contributed by atoms with Gasteiger partial charge in [0.15, 0.2) is 0 Å². The van der Waals surface area contributed by atoms with Gasteiger partial charge in [-0.25, -0.2) is 0 Å². The van der Waals surface area contributed by atoms with Crippen LogP contribution in [0.2, 0.25) is 0 Å². The molecule has 2 aliphatic carbocycles. The van der Waals surface area contributed by atoms with E-state index in [0.29, 0.717) is 18.4 Å². The topological polar surface area (TPSA) is 52.6 Å². The molecule has 0 fully saturated rings. The van der Waals surface area contributed by atoms with E-state index in [4.69, 9.17) is 8.92 Å². The Morgan fingerprint density at radius 2 is 1.65 bits per heavy atom. The molecule has 0 bridgehead atoms. The van der Waals surface area contributed by atoms with Gasteiger partial charge in [-0.05, 0) is 24.5 Å². The van der Waals surface area contributed by atoms with E-state index in [2.05, 4.69) is 0 Å². The first kappa shape index (κ1) is 20.6. The smallest absolute Gasteiger partial charge is 1.00 e. The molecule has 0 saturated heterocycles. The van der Waals surface area contributed by atoms with E-state index >= 15 is 0 Å². The van der Waals surface area contributed by atoms with Gasteiger partial charge in [-0.2, -0.15) is 8.42 Å². The normalized spacial score (nSPS) is 14.2. The Kier molecular flexibility index (Phi) is 8.21. The number of methoxy groups -OCH3 is 1. The van der Waals surface area contributed by atoms with Gasteiger partial charge < -0.3 is 6.16 Å². The molecule has 0 spiro atoms. The fraction of sp³-hybridized carbons (Fsp3) is 0.412. The van der Waals surface area contributed by atoms with Crippen molar-refractivity contribution >= 4 is 10.1 Å². The van der Waals surface area contributed by atoms with E-state index in [1.54, 1.807) is 25.3 Å². The summed E-state index contributed by atoms with van der Waals surface area (Å²) in [7, 11) is -2.26. The average molecular weight is 346 g/mol. The summed E-state index contributed by atoms with van der Waals surface area (Å²) in [6.45, 7) is 3.84. The zero-order valence-corrected chi connectivity index (χ0v) is 17.0. The summed E-state index contributed by atoms with van der Waals surface area (Å²) in [5, 5.41) is 0. The van der Waals surface area contributed by atoms with Crippen molar-refractivity contribution in [3.8, 4) is 11.1 Å². The van der Waals surface area contributed by atoms with Gasteiger partial charge in [0.1, 0.15) is 11.0 Å². The maximum Gasteiger partial charge on any atom is 1.00 e. The van der Waals surface area contributed by atoms with Crippen molar-refractivity contribution in [2.45, 2.75) is 43.8 Å². The number of ether oxygens (including phenoxy) is 1. The van der Waals surface area contributed by atoms with Crippen LogP contribution in [0.3, 0.4) is 0 Å². The fourth-order valence-corrected chi connectivity index (χ4v) is 3.97. The van der Waals surface area contributed by atoms with Gasteiger partial charge in [0, 0.05) is 12.7 Å². The molecule has 2 aliphatic rings. The molecule has 0 saturated carbocycles. The molecule has 23 heavy (non-hydrogen) atoms. The largest absolute Gasteiger partial charge is 1.00 e. The minimum Gasteiger partial charge on any atom is -1.00 e. The monoisotopic (exact) mass is 346 g/mol. The van der Waals surface area contributed by atoms with Crippen molar-refractivity contribution < 1.29 is 48.3 Å². The Bertz CT molecular complexity index is 689. The third kappa shape index (κ3) is 4.78. The molecule has 2 unspecified atom stereocenters. The summed E-state index contributed by atoms with van der Waals surface area (Å²) in [5.41, 5.74) is 1.55. The van der Waals surface area contributed by atoms with Crippen LogP contribution in [0.4, 0.5) is 0 Å². The fourth-order valence-electron chi connectivity index (χ4n) is 2.59. The maximum atomic E-state index is 12.6. The zero-order chi connectivity index (χ0) is 16.2. The van der Waals surface area contributed by atoms with Gasteiger partial charge in [0.05, 0.1) is 6.10 Å². The third-order valence-corrected chi connectivity index (χ3v) is 5.19. The Morgan fingerprint density at radius 1 is 1.00 bits per heavy atom. The van der Waals surface area contributed by atoms with Crippen LogP contribution in [-0.4, -0.2) is 27.7 Å². The Labute approximate surface area is 162 Å². The number of fused-ring (bicyclic) bond motifs is 1. The second-order valence-corrected chi connectivity index (χ2v) is 6.70. The van der Waals surface area contributed by atoms with Crippen LogP contribution in [0, 0.1) is 0 Å². The first-order valence-electron chi connectivity index (χ1n) is 7.47. The number of hydrogen-bond donors (Lipinski definition) is 0. The molecular weight excluding hydrogens is 323 g/mol. The van der Waals surface area contributed by atoms with Crippen LogP contribution in [0.5, 0.6) is 0 Å². The van der Waals surface area contributed by atoms with Gasteiger partial charge in [-0.1, -0.05) is 50.2 Å². The van der Waals surface area contributed by atoms with Crippen LogP contribution in [-0.2, 0) is 19.0 Å². The standard InChI is InChI=1S/C17H22O4S.Na.H/c1-4-15(20-3)16(5-2)21-22(18,19)17-12-11-13-9-7-6-8-10-14(13)17;;/h6-12,15-16H,4-5H2,1-3H3;;/q;+1;-1. The summed E-state index contributed by atoms with van der Waals surface area (Å²) in [4.78, 5) is 0.211. The molecule has 122 valence electrons. The Hall–Kier alpha value is -0.430. The molecule has 2 atom stereocenters. The molecule has 4 nitrogen and oxygen atoms in total. The molecular formula is C17H23NaO4S. The maximum absolute atomic E-state index is 12.6. The van der Waals surface area contributed by atoms with Crippen molar-refractivity contribution in [2.24, 2.45) is 0 Å². The zero-order valence-electron chi connectivity index (χ0n) is 15.2. The Morgan fingerprint density at radius 3 is 2.26 bits per heavy atom. The quantitative estimate of drug-likeness (QED) is 0.550. The van der Waals surface area contributed by atoms with Gasteiger partial charge in [-0.3, -0.25) is 4.18 Å². The second-order valence-electron chi connectivity index (χ2n) is 5.16. The summed E-state index contributed by atoms with van der Waals surface area (Å²) in [6.07, 6.45) is 0.540. The molecule has 0 radical (unpaired) electrons. The summed E-state index contributed by atoms with van der Waals surface area (Å²) >= 11 is 0. The van der Waals surface area contributed by atoms with Gasteiger partial charge in [0.25, 0.3) is 10.1 Å². The summed E-state index contributed by atoms with van der Waals surface area (Å²) < 4.78 is 36.1. The molecule has 6 heteroatoms. The molecule has 0 N–H and O–H groups in total. The van der Waals surface area contributed by atoms with Crippen molar-refractivity contribution in [3.63, 3.8) is 0 Å². The number of rotatable bonds is 7. The molecule has 0 aromatic rings. The van der Waals surface area contributed by atoms with Gasteiger partial charge in [-0.15, -0.1) is 0 Å². The van der Waals surface area contributed by atoms with Crippen LogP contribution >= 0.6 is 0 Å². The molecule has 2 rings (SSSR count). The van der Waals surface area contributed by atoms with Gasteiger partial charge in [0.2, 0.25) is 0 Å².